The van der Waals surface area contributed by atoms with Gasteiger partial charge in [-0.05, 0) is 23.6 Å². The smallest absolute Gasteiger partial charge is 0.117 e. The first-order chi connectivity index (χ1) is 7.42. The van der Waals surface area contributed by atoms with Crippen molar-refractivity contribution in [3.8, 4) is 0 Å². The van der Waals surface area contributed by atoms with E-state index in [1.54, 1.807) is 17.7 Å². The maximum Gasteiger partial charge on any atom is 0.117 e. The molecule has 0 aliphatic carbocycles. The molecule has 0 spiro atoms. The van der Waals surface area contributed by atoms with E-state index in [0.717, 1.165) is 16.3 Å². The number of rotatable bonds is 5. The van der Waals surface area contributed by atoms with Crippen molar-refractivity contribution in [2.45, 2.75) is 31.2 Å². The summed E-state index contributed by atoms with van der Waals surface area (Å²) in [6.45, 7) is 2.23. The number of hydrogen-bond donors (Lipinski definition) is 0. The van der Waals surface area contributed by atoms with Gasteiger partial charge >= 0.3 is 0 Å². The van der Waals surface area contributed by atoms with Gasteiger partial charge in [0.2, 0.25) is 0 Å². The monoisotopic (exact) mass is 238 g/mol. The van der Waals surface area contributed by atoms with Crippen LogP contribution in [0.4, 0.5) is 0 Å². The molecule has 2 aromatic heterocycles. The fourth-order valence-electron chi connectivity index (χ4n) is 1.39. The first-order valence-electron chi connectivity index (χ1n) is 5.23. The second kappa shape index (κ2) is 5.47. The maximum absolute atomic E-state index is 4.34. The lowest BCUT2D eigenvalue weighted by Crippen LogP contribution is -1.85. The Morgan fingerprint density at radius 2 is 2.27 bits per heavy atom. The molecule has 2 heterocycles. The number of unbranched alkanes of at least 4 members (excludes halogenated alkanes) is 2. The first-order valence-corrected chi connectivity index (χ1v) is 7.09. The van der Waals surface area contributed by atoms with Crippen molar-refractivity contribution in [1.82, 2.24) is 9.97 Å². The van der Waals surface area contributed by atoms with Crippen molar-refractivity contribution in [1.29, 1.82) is 0 Å². The molecule has 0 aliphatic heterocycles. The van der Waals surface area contributed by atoms with Gasteiger partial charge in [0, 0.05) is 0 Å². The molecule has 2 aromatic rings. The average molecular weight is 238 g/mol. The molecule has 0 aromatic carbocycles. The van der Waals surface area contributed by atoms with Crippen molar-refractivity contribution in [2.75, 3.05) is 5.75 Å². The number of hydrogen-bond acceptors (Lipinski definition) is 4. The van der Waals surface area contributed by atoms with Crippen LogP contribution in [0.2, 0.25) is 0 Å². The number of thiophene rings is 1. The SMILES string of the molecule is CCCCCSc1ncnc2ccsc12. The van der Waals surface area contributed by atoms with Gasteiger partial charge in [0.05, 0.1) is 10.2 Å². The molecule has 80 valence electrons. The quantitative estimate of drug-likeness (QED) is 0.448. The molecule has 0 saturated heterocycles. The zero-order valence-corrected chi connectivity index (χ0v) is 10.4. The highest BCUT2D eigenvalue weighted by Crippen LogP contribution is 2.29. The van der Waals surface area contributed by atoms with Crippen LogP contribution in [0.25, 0.3) is 10.2 Å². The number of nitrogens with zero attached hydrogens (tertiary/aromatic N) is 2. The number of fused-ring (bicyclic) bond motifs is 1. The Kier molecular flexibility index (Phi) is 3.97. The Balaban J connectivity index is 2.04. The average Bonchev–Trinajstić information content (AvgIpc) is 2.73. The van der Waals surface area contributed by atoms with E-state index >= 15 is 0 Å². The van der Waals surface area contributed by atoms with Gasteiger partial charge in [0.15, 0.2) is 0 Å². The highest BCUT2D eigenvalue weighted by atomic mass is 32.2. The summed E-state index contributed by atoms with van der Waals surface area (Å²) in [5.74, 6) is 1.16. The van der Waals surface area contributed by atoms with Crippen LogP contribution in [0.5, 0.6) is 0 Å². The van der Waals surface area contributed by atoms with Gasteiger partial charge in [0.1, 0.15) is 11.4 Å². The third-order valence-corrected chi connectivity index (χ3v) is 4.31. The van der Waals surface area contributed by atoms with E-state index in [2.05, 4.69) is 28.3 Å². The Hall–Kier alpha value is -0.610. The molecule has 4 heteroatoms. The standard InChI is InChI=1S/C11H14N2S2/c1-2-3-4-6-15-11-10-9(5-7-14-10)12-8-13-11/h5,7-8H,2-4,6H2,1H3. The van der Waals surface area contributed by atoms with Gasteiger partial charge in [-0.1, -0.05) is 19.8 Å². The zero-order valence-electron chi connectivity index (χ0n) is 8.77. The van der Waals surface area contributed by atoms with Gasteiger partial charge in [-0.2, -0.15) is 0 Å². The van der Waals surface area contributed by atoms with Gasteiger partial charge in [-0.15, -0.1) is 23.1 Å². The second-order valence-corrected chi connectivity index (χ2v) is 5.37. The minimum absolute atomic E-state index is 1.08. The molecule has 0 unspecified atom stereocenters. The normalized spacial score (nSPS) is 11.0. The maximum atomic E-state index is 4.34. The van der Waals surface area contributed by atoms with Crippen molar-refractivity contribution in [3.63, 3.8) is 0 Å². The fourth-order valence-corrected chi connectivity index (χ4v) is 3.34. The highest BCUT2D eigenvalue weighted by Gasteiger charge is 2.04. The third-order valence-electron chi connectivity index (χ3n) is 2.20. The van der Waals surface area contributed by atoms with E-state index in [4.69, 9.17) is 0 Å². The van der Waals surface area contributed by atoms with Gasteiger partial charge in [0.25, 0.3) is 0 Å². The van der Waals surface area contributed by atoms with Crippen LogP contribution in [-0.2, 0) is 0 Å². The van der Waals surface area contributed by atoms with Gasteiger partial charge in [-0.25, -0.2) is 9.97 Å². The van der Waals surface area contributed by atoms with Crippen molar-refractivity contribution < 1.29 is 0 Å². The van der Waals surface area contributed by atoms with E-state index in [1.807, 2.05) is 11.8 Å². The molecule has 0 saturated carbocycles. The summed E-state index contributed by atoms with van der Waals surface area (Å²) in [5, 5.41) is 3.22. The van der Waals surface area contributed by atoms with Crippen LogP contribution in [0.1, 0.15) is 26.2 Å². The van der Waals surface area contributed by atoms with E-state index in [1.165, 1.54) is 24.0 Å². The Bertz CT molecular complexity index is 425. The second-order valence-electron chi connectivity index (χ2n) is 3.37. The van der Waals surface area contributed by atoms with Crippen LogP contribution < -0.4 is 0 Å². The molecule has 2 rings (SSSR count). The lowest BCUT2D eigenvalue weighted by Gasteiger charge is -2.00. The largest absolute Gasteiger partial charge is 0.235 e. The first kappa shape index (κ1) is 10.9. The Morgan fingerprint density at radius 3 is 3.13 bits per heavy atom. The minimum atomic E-state index is 1.08. The minimum Gasteiger partial charge on any atom is -0.235 e. The molecule has 0 bridgehead atoms. The summed E-state index contributed by atoms with van der Waals surface area (Å²) in [6, 6.07) is 2.05. The molecule has 0 fully saturated rings. The molecule has 0 N–H and O–H groups in total. The summed E-state index contributed by atoms with van der Waals surface area (Å²) in [4.78, 5) is 8.57. The fraction of sp³-hybridized carbons (Fsp3) is 0.455. The van der Waals surface area contributed by atoms with E-state index < -0.39 is 0 Å². The van der Waals surface area contributed by atoms with Crippen LogP contribution in [0.3, 0.4) is 0 Å². The highest BCUT2D eigenvalue weighted by molar-refractivity contribution is 7.99. The van der Waals surface area contributed by atoms with Crippen LogP contribution >= 0.6 is 23.1 Å². The van der Waals surface area contributed by atoms with Crippen LogP contribution in [0.15, 0.2) is 22.8 Å². The lowest BCUT2D eigenvalue weighted by atomic mass is 10.3. The van der Waals surface area contributed by atoms with E-state index in [-0.39, 0.29) is 0 Å². The molecule has 0 radical (unpaired) electrons. The topological polar surface area (TPSA) is 25.8 Å². The van der Waals surface area contributed by atoms with Crippen molar-refractivity contribution in [2.24, 2.45) is 0 Å². The molecule has 0 aliphatic rings. The predicted octanol–water partition coefficient (Wildman–Crippen LogP) is 3.97. The van der Waals surface area contributed by atoms with E-state index in [0.29, 0.717) is 0 Å². The van der Waals surface area contributed by atoms with Crippen LogP contribution in [0, 0.1) is 0 Å². The summed E-state index contributed by atoms with van der Waals surface area (Å²) in [5.41, 5.74) is 1.08. The Morgan fingerprint density at radius 1 is 1.33 bits per heavy atom. The Labute approximate surface area is 98.1 Å². The van der Waals surface area contributed by atoms with Gasteiger partial charge < -0.3 is 0 Å². The summed E-state index contributed by atoms with van der Waals surface area (Å²) < 4.78 is 1.24. The molecule has 2 nitrogen and oxygen atoms in total. The number of aromatic nitrogens is 2. The predicted molar refractivity (Wildman–Crippen MR) is 67.7 cm³/mol. The van der Waals surface area contributed by atoms with Crippen molar-refractivity contribution >= 4 is 33.3 Å². The third kappa shape index (κ3) is 2.69. The zero-order chi connectivity index (χ0) is 10.5. The van der Waals surface area contributed by atoms with E-state index in [9.17, 15) is 0 Å². The molecule has 0 atom stereocenters. The van der Waals surface area contributed by atoms with Crippen molar-refractivity contribution in [3.05, 3.63) is 17.8 Å². The molecule has 15 heavy (non-hydrogen) atoms. The summed E-state index contributed by atoms with van der Waals surface area (Å²) in [7, 11) is 0. The van der Waals surface area contributed by atoms with Crippen LogP contribution in [-0.4, -0.2) is 15.7 Å². The summed E-state index contributed by atoms with van der Waals surface area (Å²) in [6.07, 6.45) is 5.53. The number of thioether (sulfide) groups is 1. The molecular formula is C11H14N2S2. The summed E-state index contributed by atoms with van der Waals surface area (Å²) >= 11 is 3.59. The molecule has 0 amide bonds. The van der Waals surface area contributed by atoms with Gasteiger partial charge in [-0.3, -0.25) is 0 Å². The molecular weight excluding hydrogens is 224 g/mol. The lowest BCUT2D eigenvalue weighted by molar-refractivity contribution is 0.778.